The van der Waals surface area contributed by atoms with Gasteiger partial charge in [-0.05, 0) is 44.0 Å². The van der Waals surface area contributed by atoms with Crippen LogP contribution in [0.15, 0.2) is 65.1 Å². The number of carbonyl (C=O) groups is 2. The van der Waals surface area contributed by atoms with Crippen molar-refractivity contribution in [3.8, 4) is 11.5 Å². The fraction of sp³-hybridized carbons (Fsp3) is 0.292. The zero-order valence-electron chi connectivity index (χ0n) is 17.4. The van der Waals surface area contributed by atoms with E-state index in [9.17, 15) is 9.59 Å². The predicted octanol–water partition coefficient (Wildman–Crippen LogP) is 4.64. The standard InChI is InChI=1S/C24H25N3O4/c1-17-21(26-22(31-17)18-9-4-2-5-10-18)16-30-23(28)19-11-8-14-27(15-19)24(29)25-20-12-6-3-7-13-20/h2-7,9-10,12-13,19H,8,11,14-16H2,1H3,(H,25,29)/t19-/m1/s1. The van der Waals surface area contributed by atoms with Crippen LogP contribution >= 0.6 is 0 Å². The third-order valence-electron chi connectivity index (χ3n) is 5.33. The average molecular weight is 419 g/mol. The summed E-state index contributed by atoms with van der Waals surface area (Å²) in [6.45, 7) is 2.81. The summed E-state index contributed by atoms with van der Waals surface area (Å²) in [7, 11) is 0. The number of rotatable bonds is 5. The quantitative estimate of drug-likeness (QED) is 0.609. The molecule has 3 aromatic rings. The zero-order valence-corrected chi connectivity index (χ0v) is 17.4. The van der Waals surface area contributed by atoms with Crippen LogP contribution < -0.4 is 5.32 Å². The summed E-state index contributed by atoms with van der Waals surface area (Å²) >= 11 is 0. The van der Waals surface area contributed by atoms with Crippen molar-refractivity contribution in [2.45, 2.75) is 26.4 Å². The number of ether oxygens (including phenoxy) is 1. The van der Waals surface area contributed by atoms with E-state index in [1.54, 1.807) is 11.8 Å². The molecule has 1 aliphatic heterocycles. The third kappa shape index (κ3) is 5.12. The van der Waals surface area contributed by atoms with Crippen molar-refractivity contribution < 1.29 is 18.7 Å². The summed E-state index contributed by atoms with van der Waals surface area (Å²) in [5.74, 6) is 0.460. The van der Waals surface area contributed by atoms with Crippen LogP contribution in [0.25, 0.3) is 11.5 Å². The highest BCUT2D eigenvalue weighted by molar-refractivity contribution is 5.89. The molecule has 160 valence electrons. The molecule has 0 radical (unpaired) electrons. The number of hydrogen-bond donors (Lipinski definition) is 1. The van der Waals surface area contributed by atoms with E-state index in [1.807, 2.05) is 60.7 Å². The molecule has 0 spiro atoms. The number of likely N-dealkylation sites (tertiary alicyclic amines) is 1. The maximum absolute atomic E-state index is 12.6. The van der Waals surface area contributed by atoms with Gasteiger partial charge in [0.15, 0.2) is 0 Å². The van der Waals surface area contributed by atoms with Gasteiger partial charge in [-0.25, -0.2) is 9.78 Å². The van der Waals surface area contributed by atoms with Crippen molar-refractivity contribution >= 4 is 17.7 Å². The number of aromatic nitrogens is 1. The largest absolute Gasteiger partial charge is 0.459 e. The molecular formula is C24H25N3O4. The zero-order chi connectivity index (χ0) is 21.6. The lowest BCUT2D eigenvalue weighted by Gasteiger charge is -2.31. The Balaban J connectivity index is 1.32. The van der Waals surface area contributed by atoms with Crippen LogP contribution in [0.5, 0.6) is 0 Å². The summed E-state index contributed by atoms with van der Waals surface area (Å²) in [5.41, 5.74) is 2.20. The molecular weight excluding hydrogens is 394 g/mol. The first-order valence-electron chi connectivity index (χ1n) is 10.4. The van der Waals surface area contributed by atoms with E-state index < -0.39 is 0 Å². The Morgan fingerprint density at radius 2 is 1.84 bits per heavy atom. The van der Waals surface area contributed by atoms with E-state index in [0.29, 0.717) is 36.9 Å². The van der Waals surface area contributed by atoms with E-state index in [4.69, 9.17) is 9.15 Å². The van der Waals surface area contributed by atoms with Gasteiger partial charge in [0.05, 0.1) is 5.92 Å². The molecule has 2 amide bonds. The molecule has 1 N–H and O–H groups in total. The van der Waals surface area contributed by atoms with Crippen molar-refractivity contribution in [3.05, 3.63) is 72.1 Å². The Kier molecular flexibility index (Phi) is 6.31. The lowest BCUT2D eigenvalue weighted by atomic mass is 9.98. The number of urea groups is 1. The Morgan fingerprint density at radius 1 is 1.13 bits per heavy atom. The summed E-state index contributed by atoms with van der Waals surface area (Å²) < 4.78 is 11.2. The molecule has 1 atom stereocenters. The van der Waals surface area contributed by atoms with Gasteiger partial charge in [-0.3, -0.25) is 4.79 Å². The summed E-state index contributed by atoms with van der Waals surface area (Å²) in [5, 5.41) is 2.87. The van der Waals surface area contributed by atoms with Crippen molar-refractivity contribution in [3.63, 3.8) is 0 Å². The number of para-hydroxylation sites is 1. The maximum Gasteiger partial charge on any atom is 0.321 e. The number of aryl methyl sites for hydroxylation is 1. The van der Waals surface area contributed by atoms with Gasteiger partial charge in [-0.1, -0.05) is 36.4 Å². The lowest BCUT2D eigenvalue weighted by Crippen LogP contribution is -2.44. The van der Waals surface area contributed by atoms with Gasteiger partial charge in [-0.15, -0.1) is 0 Å². The molecule has 4 rings (SSSR count). The van der Waals surface area contributed by atoms with Crippen LogP contribution in [-0.4, -0.2) is 35.0 Å². The fourth-order valence-electron chi connectivity index (χ4n) is 3.60. The second kappa shape index (κ2) is 9.47. The van der Waals surface area contributed by atoms with Crippen molar-refractivity contribution in [1.82, 2.24) is 9.88 Å². The number of piperidine rings is 1. The number of benzene rings is 2. The molecule has 7 heteroatoms. The lowest BCUT2D eigenvalue weighted by molar-refractivity contribution is -0.151. The first-order valence-corrected chi connectivity index (χ1v) is 10.4. The van der Waals surface area contributed by atoms with E-state index in [-0.39, 0.29) is 24.5 Å². The van der Waals surface area contributed by atoms with E-state index in [2.05, 4.69) is 10.3 Å². The van der Waals surface area contributed by atoms with Gasteiger partial charge >= 0.3 is 12.0 Å². The highest BCUT2D eigenvalue weighted by Gasteiger charge is 2.30. The van der Waals surface area contributed by atoms with Gasteiger partial charge in [0, 0.05) is 24.3 Å². The minimum Gasteiger partial charge on any atom is -0.459 e. The van der Waals surface area contributed by atoms with E-state index in [1.165, 1.54) is 0 Å². The van der Waals surface area contributed by atoms with Crippen molar-refractivity contribution in [1.29, 1.82) is 0 Å². The highest BCUT2D eigenvalue weighted by atomic mass is 16.5. The van der Waals surface area contributed by atoms with E-state index in [0.717, 1.165) is 17.7 Å². The molecule has 1 saturated heterocycles. The number of esters is 1. The number of carbonyl (C=O) groups excluding carboxylic acids is 2. The number of hydrogen-bond acceptors (Lipinski definition) is 5. The molecule has 2 aromatic carbocycles. The monoisotopic (exact) mass is 419 g/mol. The number of nitrogens with one attached hydrogen (secondary N) is 1. The Bertz CT molecular complexity index is 1030. The van der Waals surface area contributed by atoms with Gasteiger partial charge in [0.2, 0.25) is 5.89 Å². The molecule has 7 nitrogen and oxygen atoms in total. The molecule has 0 bridgehead atoms. The molecule has 0 aliphatic carbocycles. The van der Waals surface area contributed by atoms with Gasteiger partial charge in [0.25, 0.3) is 0 Å². The van der Waals surface area contributed by atoms with Crippen LogP contribution in [-0.2, 0) is 16.1 Å². The van der Waals surface area contributed by atoms with Crippen molar-refractivity contribution in [2.24, 2.45) is 5.92 Å². The van der Waals surface area contributed by atoms with Gasteiger partial charge in [-0.2, -0.15) is 0 Å². The number of oxazole rings is 1. The van der Waals surface area contributed by atoms with Crippen LogP contribution in [0, 0.1) is 12.8 Å². The van der Waals surface area contributed by atoms with Crippen molar-refractivity contribution in [2.75, 3.05) is 18.4 Å². The molecule has 2 heterocycles. The summed E-state index contributed by atoms with van der Waals surface area (Å²) in [6, 6.07) is 18.7. The topological polar surface area (TPSA) is 84.7 Å². The van der Waals surface area contributed by atoms with Crippen LogP contribution in [0.3, 0.4) is 0 Å². The second-order valence-corrected chi connectivity index (χ2v) is 7.58. The third-order valence-corrected chi connectivity index (χ3v) is 5.33. The normalized spacial score (nSPS) is 16.0. The first kappa shape index (κ1) is 20.7. The molecule has 0 unspecified atom stereocenters. The number of amides is 2. The maximum atomic E-state index is 12.6. The minimum absolute atomic E-state index is 0.0493. The highest BCUT2D eigenvalue weighted by Crippen LogP contribution is 2.23. The second-order valence-electron chi connectivity index (χ2n) is 7.58. The molecule has 31 heavy (non-hydrogen) atoms. The molecule has 0 saturated carbocycles. The SMILES string of the molecule is Cc1oc(-c2ccccc2)nc1COC(=O)[C@@H]1CCCN(C(=O)Nc2ccccc2)C1. The molecule has 1 aromatic heterocycles. The Labute approximate surface area is 181 Å². The van der Waals surface area contributed by atoms with Gasteiger partial charge in [0.1, 0.15) is 18.1 Å². The smallest absolute Gasteiger partial charge is 0.321 e. The summed E-state index contributed by atoms with van der Waals surface area (Å²) in [6.07, 6.45) is 1.45. The number of anilines is 1. The summed E-state index contributed by atoms with van der Waals surface area (Å²) in [4.78, 5) is 31.3. The fourth-order valence-corrected chi connectivity index (χ4v) is 3.60. The Hall–Kier alpha value is -3.61. The Morgan fingerprint density at radius 3 is 2.58 bits per heavy atom. The van der Waals surface area contributed by atoms with Crippen LogP contribution in [0.4, 0.5) is 10.5 Å². The average Bonchev–Trinajstić information content (AvgIpc) is 3.19. The predicted molar refractivity (Wildman–Crippen MR) is 116 cm³/mol. The number of nitrogens with zero attached hydrogens (tertiary/aromatic N) is 2. The molecule has 1 fully saturated rings. The van der Waals surface area contributed by atoms with Gasteiger partial charge < -0.3 is 19.4 Å². The van der Waals surface area contributed by atoms with Crippen LogP contribution in [0.2, 0.25) is 0 Å². The first-order chi connectivity index (χ1) is 15.1. The van der Waals surface area contributed by atoms with E-state index >= 15 is 0 Å². The minimum atomic E-state index is -0.351. The molecule has 1 aliphatic rings. The van der Waals surface area contributed by atoms with Crippen LogP contribution in [0.1, 0.15) is 24.3 Å².